The molecule has 0 saturated carbocycles. The van der Waals surface area contributed by atoms with E-state index in [1.54, 1.807) is 22.3 Å². The van der Waals surface area contributed by atoms with Gasteiger partial charge in [-0.25, -0.2) is 0 Å². The van der Waals surface area contributed by atoms with Crippen LogP contribution in [0.15, 0.2) is 23.6 Å². The minimum absolute atomic E-state index is 1.14. The fourth-order valence-electron chi connectivity index (χ4n) is 6.10. The maximum absolute atomic E-state index is 3.77. The molecule has 41 heavy (non-hydrogen) atoms. The van der Waals surface area contributed by atoms with Crippen LogP contribution in [-0.2, 0) is 25.7 Å². The number of thiophene rings is 1. The van der Waals surface area contributed by atoms with Gasteiger partial charge in [-0.3, -0.25) is 0 Å². The van der Waals surface area contributed by atoms with E-state index in [0.717, 1.165) is 12.8 Å². The van der Waals surface area contributed by atoms with Gasteiger partial charge in [0.2, 0.25) is 0 Å². The first kappa shape index (κ1) is 31.6. The van der Waals surface area contributed by atoms with Crippen LogP contribution in [0.3, 0.4) is 0 Å². The van der Waals surface area contributed by atoms with Crippen LogP contribution in [0.1, 0.15) is 86.8 Å². The van der Waals surface area contributed by atoms with Gasteiger partial charge in [0.05, 0.1) is 4.70 Å². The SMILES string of the molecule is CCCc1c(CCC)c(CCC)c2cc3c(C#C[Si](C)(C)C)c4sccc4c(C#C[Si](C)(C)C)c3cc2c1CCC. The van der Waals surface area contributed by atoms with Crippen molar-refractivity contribution < 1.29 is 0 Å². The van der Waals surface area contributed by atoms with Gasteiger partial charge in [0.25, 0.3) is 0 Å². The average Bonchev–Trinajstić information content (AvgIpc) is 3.37. The van der Waals surface area contributed by atoms with Crippen molar-refractivity contribution >= 4 is 59.1 Å². The summed E-state index contributed by atoms with van der Waals surface area (Å²) in [6.07, 6.45) is 9.35. The van der Waals surface area contributed by atoms with E-state index in [0.29, 0.717) is 0 Å². The number of aryl methyl sites for hydroxylation is 2. The number of fused-ring (bicyclic) bond motifs is 3. The molecule has 0 fully saturated rings. The standard InChI is InChI=1S/C38H50SSi2/c1-11-15-27-28(16-12-2)30(18-14-4)35-26-37-33(21-24-41(8,9)10)38-32(19-22-39-38)31(20-23-40(5,6)7)36(37)25-34(35)29(27)17-13-3/h19,22,25-26H,11-18H2,1-10H3. The lowest BCUT2D eigenvalue weighted by Crippen LogP contribution is -2.16. The molecule has 3 aromatic carbocycles. The molecular formula is C38H50SSi2. The van der Waals surface area contributed by atoms with Crippen molar-refractivity contribution in [1.82, 2.24) is 0 Å². The third kappa shape index (κ3) is 6.86. The summed E-state index contributed by atoms with van der Waals surface area (Å²) in [7, 11) is -3.12. The Morgan fingerprint density at radius 1 is 0.537 bits per heavy atom. The fourth-order valence-corrected chi connectivity index (χ4v) is 8.02. The Morgan fingerprint density at radius 2 is 0.951 bits per heavy atom. The molecule has 1 aromatic heterocycles. The molecule has 0 N–H and O–H groups in total. The molecular weight excluding hydrogens is 545 g/mol. The first-order chi connectivity index (χ1) is 19.4. The van der Waals surface area contributed by atoms with Crippen molar-refractivity contribution in [3.8, 4) is 22.9 Å². The van der Waals surface area contributed by atoms with Crippen LogP contribution >= 0.6 is 11.3 Å². The molecule has 0 unspecified atom stereocenters. The van der Waals surface area contributed by atoms with Crippen molar-refractivity contribution in [3.05, 3.63) is 57.0 Å². The molecule has 4 aromatic rings. The predicted molar refractivity (Wildman–Crippen MR) is 193 cm³/mol. The molecule has 0 aliphatic rings. The van der Waals surface area contributed by atoms with Crippen LogP contribution in [0.2, 0.25) is 39.3 Å². The van der Waals surface area contributed by atoms with Gasteiger partial charge in [0.1, 0.15) is 16.1 Å². The van der Waals surface area contributed by atoms with Crippen LogP contribution in [0.4, 0.5) is 0 Å². The fraction of sp³-hybridized carbons (Fsp3) is 0.474. The monoisotopic (exact) mass is 594 g/mol. The number of hydrogen-bond acceptors (Lipinski definition) is 1. The molecule has 1 heterocycles. The van der Waals surface area contributed by atoms with E-state index in [-0.39, 0.29) is 0 Å². The molecule has 0 amide bonds. The van der Waals surface area contributed by atoms with Crippen LogP contribution in [0.5, 0.6) is 0 Å². The summed E-state index contributed by atoms with van der Waals surface area (Å²) >= 11 is 1.83. The zero-order chi connectivity index (χ0) is 29.9. The quantitative estimate of drug-likeness (QED) is 0.108. The highest BCUT2D eigenvalue weighted by Gasteiger charge is 2.22. The molecule has 0 saturated heterocycles. The molecule has 0 aliphatic heterocycles. The topological polar surface area (TPSA) is 0 Å². The van der Waals surface area contributed by atoms with E-state index in [2.05, 4.69) is 113 Å². The molecule has 3 heteroatoms. The maximum Gasteiger partial charge on any atom is 0.129 e. The summed E-state index contributed by atoms with van der Waals surface area (Å²) in [6.45, 7) is 23.4. The molecule has 0 spiro atoms. The number of rotatable bonds is 8. The number of benzene rings is 3. The van der Waals surface area contributed by atoms with Gasteiger partial charge in [0, 0.05) is 21.9 Å². The van der Waals surface area contributed by atoms with Crippen molar-refractivity contribution in [2.45, 2.75) is 118 Å². The molecule has 4 rings (SSSR count). The van der Waals surface area contributed by atoms with E-state index in [9.17, 15) is 0 Å². The largest absolute Gasteiger partial charge is 0.142 e. The number of hydrogen-bond donors (Lipinski definition) is 0. The van der Waals surface area contributed by atoms with Crippen molar-refractivity contribution in [2.24, 2.45) is 0 Å². The summed E-state index contributed by atoms with van der Waals surface area (Å²) in [5.74, 6) is 7.53. The highest BCUT2D eigenvalue weighted by molar-refractivity contribution is 7.17. The predicted octanol–water partition coefficient (Wildman–Crippen LogP) is 11.5. The first-order valence-electron chi connectivity index (χ1n) is 16.0. The minimum atomic E-state index is -1.56. The Hall–Kier alpha value is -2.31. The second kappa shape index (κ2) is 12.9. The summed E-state index contributed by atoms with van der Waals surface area (Å²) in [5.41, 5.74) is 16.4. The van der Waals surface area contributed by atoms with Crippen molar-refractivity contribution in [3.63, 3.8) is 0 Å². The molecule has 0 atom stereocenters. The Bertz CT molecular complexity index is 1570. The second-order valence-electron chi connectivity index (χ2n) is 13.8. The molecule has 0 bridgehead atoms. The third-order valence-electron chi connectivity index (χ3n) is 7.73. The summed E-state index contributed by atoms with van der Waals surface area (Å²) in [5, 5.41) is 9.09. The Kier molecular flexibility index (Phi) is 9.96. The Morgan fingerprint density at radius 3 is 1.39 bits per heavy atom. The normalized spacial score (nSPS) is 12.0. The lowest BCUT2D eigenvalue weighted by atomic mass is 9.81. The Balaban J connectivity index is 2.32. The van der Waals surface area contributed by atoms with E-state index in [1.807, 2.05) is 11.3 Å². The highest BCUT2D eigenvalue weighted by atomic mass is 32.1. The van der Waals surface area contributed by atoms with Crippen LogP contribution < -0.4 is 0 Å². The van der Waals surface area contributed by atoms with E-state index < -0.39 is 16.1 Å². The second-order valence-corrected chi connectivity index (χ2v) is 24.2. The molecule has 0 nitrogen and oxygen atoms in total. The highest BCUT2D eigenvalue weighted by Crippen LogP contribution is 2.41. The van der Waals surface area contributed by atoms with Crippen molar-refractivity contribution in [2.75, 3.05) is 0 Å². The lowest BCUT2D eigenvalue weighted by molar-refractivity contribution is 0.810. The van der Waals surface area contributed by atoms with Crippen molar-refractivity contribution in [1.29, 1.82) is 0 Å². The summed E-state index contributed by atoms with van der Waals surface area (Å²) in [6, 6.07) is 7.39. The molecule has 0 radical (unpaired) electrons. The van der Waals surface area contributed by atoms with E-state index in [4.69, 9.17) is 0 Å². The van der Waals surface area contributed by atoms with Crippen LogP contribution in [0, 0.1) is 22.9 Å². The smallest absolute Gasteiger partial charge is 0.129 e. The van der Waals surface area contributed by atoms with Gasteiger partial charge in [0.15, 0.2) is 0 Å². The van der Waals surface area contributed by atoms with Gasteiger partial charge in [-0.05, 0) is 87.7 Å². The Labute approximate surface area is 256 Å². The average molecular weight is 595 g/mol. The zero-order valence-corrected chi connectivity index (χ0v) is 30.2. The van der Waals surface area contributed by atoms with Gasteiger partial charge < -0.3 is 0 Å². The zero-order valence-electron chi connectivity index (χ0n) is 27.4. The first-order valence-corrected chi connectivity index (χ1v) is 23.8. The van der Waals surface area contributed by atoms with Gasteiger partial charge in [-0.1, -0.05) is 105 Å². The van der Waals surface area contributed by atoms with Crippen LogP contribution in [-0.4, -0.2) is 16.1 Å². The van der Waals surface area contributed by atoms with E-state index in [1.165, 1.54) is 81.3 Å². The third-order valence-corrected chi connectivity index (χ3v) is 10.4. The molecule has 0 aliphatic carbocycles. The van der Waals surface area contributed by atoms with Gasteiger partial charge >= 0.3 is 0 Å². The summed E-state index contributed by atoms with van der Waals surface area (Å²) < 4.78 is 1.31. The van der Waals surface area contributed by atoms with Gasteiger partial charge in [-0.2, -0.15) is 0 Å². The summed E-state index contributed by atoms with van der Waals surface area (Å²) in [4.78, 5) is 0. The van der Waals surface area contributed by atoms with Gasteiger partial charge in [-0.15, -0.1) is 22.4 Å². The molecule has 216 valence electrons. The maximum atomic E-state index is 3.77. The minimum Gasteiger partial charge on any atom is -0.142 e. The van der Waals surface area contributed by atoms with E-state index >= 15 is 0 Å². The van der Waals surface area contributed by atoms with Crippen LogP contribution in [0.25, 0.3) is 31.6 Å². The lowest BCUT2D eigenvalue weighted by Gasteiger charge is -2.24.